The summed E-state index contributed by atoms with van der Waals surface area (Å²) >= 11 is 5.97. The zero-order valence-corrected chi connectivity index (χ0v) is 13.0. The van der Waals surface area contributed by atoms with E-state index < -0.39 is 9.84 Å². The average Bonchev–Trinajstić information content (AvgIpc) is 2.34. The Hall–Kier alpha value is -0.780. The maximum atomic E-state index is 11.5. The Morgan fingerprint density at radius 1 is 1.42 bits per heavy atom. The van der Waals surface area contributed by atoms with Crippen LogP contribution in [0.2, 0.25) is 5.02 Å². The summed E-state index contributed by atoms with van der Waals surface area (Å²) in [6.45, 7) is 2.79. The second kappa shape index (κ2) is 7.12. The van der Waals surface area contributed by atoms with Gasteiger partial charge >= 0.3 is 0 Å². The van der Waals surface area contributed by atoms with Gasteiger partial charge in [-0.15, -0.1) is 0 Å². The number of sulfone groups is 1. The van der Waals surface area contributed by atoms with E-state index in [0.29, 0.717) is 10.8 Å². The molecule has 1 N–H and O–H groups in total. The zero-order chi connectivity index (χ0) is 14.5. The van der Waals surface area contributed by atoms with Gasteiger partial charge in [-0.2, -0.15) is 0 Å². The lowest BCUT2D eigenvalue weighted by Crippen LogP contribution is -2.28. The number of ether oxygens (including phenoxy) is 1. The third-order valence-corrected chi connectivity index (χ3v) is 3.94. The number of benzene rings is 1. The fraction of sp³-hybridized carbons (Fsp3) is 0.538. The molecule has 0 bridgehead atoms. The van der Waals surface area contributed by atoms with Crippen molar-refractivity contribution in [2.45, 2.75) is 19.4 Å². The Morgan fingerprint density at radius 3 is 2.63 bits per heavy atom. The van der Waals surface area contributed by atoms with Crippen LogP contribution in [-0.2, 0) is 9.84 Å². The molecular weight excluding hydrogens is 286 g/mol. The second-order valence-electron chi connectivity index (χ2n) is 4.49. The molecule has 0 fully saturated rings. The first-order valence-corrected chi connectivity index (χ1v) is 8.55. The van der Waals surface area contributed by atoms with Gasteiger partial charge in [0.2, 0.25) is 0 Å². The van der Waals surface area contributed by atoms with Crippen molar-refractivity contribution in [3.63, 3.8) is 0 Å². The van der Waals surface area contributed by atoms with E-state index in [1.54, 1.807) is 12.1 Å². The van der Waals surface area contributed by atoms with Gasteiger partial charge in [0.05, 0.1) is 17.9 Å². The van der Waals surface area contributed by atoms with E-state index in [9.17, 15) is 8.42 Å². The van der Waals surface area contributed by atoms with E-state index >= 15 is 0 Å². The Balaban J connectivity index is 3.02. The van der Waals surface area contributed by atoms with Crippen LogP contribution in [0.25, 0.3) is 0 Å². The molecule has 0 spiro atoms. The Morgan fingerprint density at radius 2 is 2.11 bits per heavy atom. The molecule has 0 aliphatic rings. The van der Waals surface area contributed by atoms with E-state index in [-0.39, 0.29) is 11.8 Å². The highest BCUT2D eigenvalue weighted by Crippen LogP contribution is 2.28. The predicted molar refractivity (Wildman–Crippen MR) is 78.7 cm³/mol. The molecule has 1 atom stereocenters. The summed E-state index contributed by atoms with van der Waals surface area (Å²) in [6, 6.07) is 5.07. The molecule has 0 saturated carbocycles. The van der Waals surface area contributed by atoms with Crippen LogP contribution < -0.4 is 10.1 Å². The lowest BCUT2D eigenvalue weighted by Gasteiger charge is -2.19. The first-order valence-electron chi connectivity index (χ1n) is 6.12. The minimum absolute atomic E-state index is 0.0534. The fourth-order valence-corrected chi connectivity index (χ4v) is 2.90. The van der Waals surface area contributed by atoms with Crippen LogP contribution in [0.1, 0.15) is 24.9 Å². The first kappa shape index (κ1) is 16.3. The number of hydrogen-bond acceptors (Lipinski definition) is 4. The van der Waals surface area contributed by atoms with Crippen LogP contribution >= 0.6 is 11.6 Å². The Kier molecular flexibility index (Phi) is 6.10. The van der Waals surface area contributed by atoms with Crippen LogP contribution in [0.4, 0.5) is 0 Å². The molecule has 19 heavy (non-hydrogen) atoms. The second-order valence-corrected chi connectivity index (χ2v) is 7.09. The van der Waals surface area contributed by atoms with Crippen LogP contribution in [0.15, 0.2) is 18.2 Å². The van der Waals surface area contributed by atoms with Crippen molar-refractivity contribution in [2.75, 3.05) is 25.7 Å². The van der Waals surface area contributed by atoms with Crippen molar-refractivity contribution >= 4 is 21.4 Å². The molecule has 1 unspecified atom stereocenters. The monoisotopic (exact) mass is 305 g/mol. The molecule has 0 amide bonds. The fourth-order valence-electron chi connectivity index (χ4n) is 1.79. The van der Waals surface area contributed by atoms with Gasteiger partial charge in [-0.1, -0.05) is 24.6 Å². The van der Waals surface area contributed by atoms with Crippen molar-refractivity contribution in [1.82, 2.24) is 5.32 Å². The third-order valence-electron chi connectivity index (χ3n) is 2.69. The van der Waals surface area contributed by atoms with Gasteiger partial charge in [0.25, 0.3) is 0 Å². The number of halogens is 1. The lowest BCUT2D eigenvalue weighted by atomic mass is 10.1. The normalized spacial score (nSPS) is 13.3. The third kappa shape index (κ3) is 5.38. The highest BCUT2D eigenvalue weighted by atomic mass is 35.5. The molecule has 1 rings (SSSR count). The number of methoxy groups -OCH3 is 1. The SMILES string of the molecule is CCCNC(CS(C)(=O)=O)c1ccc(Cl)c(OC)c1. The molecule has 0 radical (unpaired) electrons. The summed E-state index contributed by atoms with van der Waals surface area (Å²) < 4.78 is 28.2. The molecule has 0 aliphatic carbocycles. The Bertz CT molecular complexity index is 517. The topological polar surface area (TPSA) is 55.4 Å². The smallest absolute Gasteiger partial charge is 0.149 e. The molecule has 0 aromatic heterocycles. The average molecular weight is 306 g/mol. The highest BCUT2D eigenvalue weighted by Gasteiger charge is 2.18. The van der Waals surface area contributed by atoms with Crippen molar-refractivity contribution < 1.29 is 13.2 Å². The molecular formula is C13H20ClNO3S. The largest absolute Gasteiger partial charge is 0.495 e. The maximum Gasteiger partial charge on any atom is 0.149 e. The molecule has 0 saturated heterocycles. The van der Waals surface area contributed by atoms with Crippen molar-refractivity contribution in [1.29, 1.82) is 0 Å². The summed E-state index contributed by atoms with van der Waals surface area (Å²) in [7, 11) is -1.53. The van der Waals surface area contributed by atoms with Gasteiger partial charge in [-0.05, 0) is 30.7 Å². The van der Waals surface area contributed by atoms with Gasteiger partial charge in [0.15, 0.2) is 0 Å². The zero-order valence-electron chi connectivity index (χ0n) is 11.4. The summed E-state index contributed by atoms with van der Waals surface area (Å²) in [5.74, 6) is 0.605. The summed E-state index contributed by atoms with van der Waals surface area (Å²) in [5.41, 5.74) is 0.861. The van der Waals surface area contributed by atoms with E-state index in [0.717, 1.165) is 18.5 Å². The van der Waals surface area contributed by atoms with E-state index in [1.807, 2.05) is 13.0 Å². The van der Waals surface area contributed by atoms with Crippen LogP contribution in [-0.4, -0.2) is 34.1 Å². The summed E-state index contributed by atoms with van der Waals surface area (Å²) in [5, 5.41) is 3.75. The number of hydrogen-bond donors (Lipinski definition) is 1. The summed E-state index contributed by atoms with van der Waals surface area (Å²) in [6.07, 6.45) is 2.17. The van der Waals surface area contributed by atoms with Gasteiger partial charge in [0, 0.05) is 12.3 Å². The van der Waals surface area contributed by atoms with Gasteiger partial charge in [-0.25, -0.2) is 8.42 Å². The maximum absolute atomic E-state index is 11.5. The van der Waals surface area contributed by atoms with Crippen LogP contribution in [0.3, 0.4) is 0 Å². The molecule has 6 heteroatoms. The molecule has 0 aliphatic heterocycles. The van der Waals surface area contributed by atoms with E-state index in [4.69, 9.17) is 16.3 Å². The van der Waals surface area contributed by atoms with Crippen LogP contribution in [0, 0.1) is 0 Å². The predicted octanol–water partition coefficient (Wildman–Crippen LogP) is 2.43. The van der Waals surface area contributed by atoms with Crippen molar-refractivity contribution in [3.8, 4) is 5.75 Å². The molecule has 1 aromatic carbocycles. The van der Waals surface area contributed by atoms with Gasteiger partial charge in [-0.3, -0.25) is 0 Å². The minimum atomic E-state index is -3.07. The standard InChI is InChI=1S/C13H20ClNO3S/c1-4-7-15-12(9-19(3,16)17)10-5-6-11(14)13(8-10)18-2/h5-6,8,12,15H,4,7,9H2,1-3H3. The molecule has 108 valence electrons. The van der Waals surface area contributed by atoms with Crippen molar-refractivity contribution in [2.24, 2.45) is 0 Å². The first-order chi connectivity index (χ1) is 8.87. The summed E-state index contributed by atoms with van der Waals surface area (Å²) in [4.78, 5) is 0. The van der Waals surface area contributed by atoms with E-state index in [2.05, 4.69) is 5.32 Å². The molecule has 4 nitrogen and oxygen atoms in total. The van der Waals surface area contributed by atoms with Gasteiger partial charge < -0.3 is 10.1 Å². The lowest BCUT2D eigenvalue weighted by molar-refractivity contribution is 0.413. The van der Waals surface area contributed by atoms with Gasteiger partial charge in [0.1, 0.15) is 15.6 Å². The molecule has 1 aromatic rings. The Labute approximate surface area is 120 Å². The van der Waals surface area contributed by atoms with E-state index in [1.165, 1.54) is 13.4 Å². The van der Waals surface area contributed by atoms with Crippen molar-refractivity contribution in [3.05, 3.63) is 28.8 Å². The minimum Gasteiger partial charge on any atom is -0.495 e. The highest BCUT2D eigenvalue weighted by molar-refractivity contribution is 7.90. The quantitative estimate of drug-likeness (QED) is 0.840. The number of nitrogens with one attached hydrogen (secondary N) is 1. The molecule has 0 heterocycles. The number of rotatable bonds is 7. The van der Waals surface area contributed by atoms with Crippen LogP contribution in [0.5, 0.6) is 5.75 Å².